The van der Waals surface area contributed by atoms with Gasteiger partial charge in [0.2, 0.25) is 33.3 Å². The summed E-state index contributed by atoms with van der Waals surface area (Å²) in [5.41, 5.74) is -4.81. The monoisotopic (exact) mass is 859 g/mol. The molecule has 0 unspecified atom stereocenters. The van der Waals surface area contributed by atoms with E-state index in [4.69, 9.17) is 18.9 Å². The van der Waals surface area contributed by atoms with Gasteiger partial charge >= 0.3 is 12.3 Å². The molecule has 3 heterocycles. The van der Waals surface area contributed by atoms with Crippen molar-refractivity contribution in [2.75, 3.05) is 20.3 Å². The van der Waals surface area contributed by atoms with Crippen LogP contribution < -0.4 is 24.8 Å². The van der Waals surface area contributed by atoms with Crippen LogP contribution in [0.4, 0.5) is 26.7 Å². The van der Waals surface area contributed by atoms with Crippen LogP contribution in [0.2, 0.25) is 0 Å². The number of halogens is 5. The van der Waals surface area contributed by atoms with Gasteiger partial charge in [-0.1, -0.05) is 12.2 Å². The standard InChI is InChI=1S/C38H46F5N5O10S/c1-20-8-6-7-9-22-17-37(22,33(51)47-59(53,54)36(19-39)11-12-36)46-30(49)27-16-24(57-31-26-14-23(40)15-28(55-5)25(26)10-13-44-31)18-48(27)32(50)29(21(2)56-20)45-34(52)58-35(3,4)38(41,42)43/h7,9-10,13-15,20-22,24,27,29H,6,8,11-12,16-19H2,1-5H3,(H,45,52)(H,46,49)(H,47,51)/b9-7-/t20-,21-,22+,24+,27-,29-,37+/m0/s1. The molecule has 1 saturated heterocycles. The molecule has 6 rings (SSSR count). The summed E-state index contributed by atoms with van der Waals surface area (Å²) in [6.07, 6.45) is -4.49. The highest BCUT2D eigenvalue weighted by Crippen LogP contribution is 2.48. The number of carbonyl (C=O) groups is 4. The zero-order valence-corrected chi connectivity index (χ0v) is 33.7. The minimum atomic E-state index is -4.99. The number of amides is 4. The molecule has 2 aliphatic heterocycles. The molecule has 1 aromatic heterocycles. The van der Waals surface area contributed by atoms with Gasteiger partial charge in [0, 0.05) is 30.0 Å². The van der Waals surface area contributed by atoms with Crippen molar-refractivity contribution in [2.45, 2.75) is 119 Å². The molecule has 7 atom stereocenters. The van der Waals surface area contributed by atoms with Crippen molar-refractivity contribution in [1.82, 2.24) is 25.2 Å². The average Bonchev–Trinajstić information content (AvgIpc) is 4.06. The number of ether oxygens (including phenoxy) is 4. The Morgan fingerprint density at radius 3 is 2.49 bits per heavy atom. The largest absolute Gasteiger partial charge is 0.496 e. The number of aromatic nitrogens is 1. The lowest BCUT2D eigenvalue weighted by Crippen LogP contribution is -2.61. The van der Waals surface area contributed by atoms with Gasteiger partial charge in [-0.15, -0.1) is 0 Å². The molecule has 0 bridgehead atoms. The number of hydrogen-bond donors (Lipinski definition) is 3. The van der Waals surface area contributed by atoms with Crippen LogP contribution in [0.3, 0.4) is 0 Å². The van der Waals surface area contributed by atoms with E-state index in [1.165, 1.54) is 20.2 Å². The van der Waals surface area contributed by atoms with Gasteiger partial charge in [0.05, 0.1) is 31.2 Å². The number of methoxy groups -OCH3 is 1. The molecule has 15 nitrogen and oxygen atoms in total. The lowest BCUT2D eigenvalue weighted by Gasteiger charge is -2.34. The number of pyridine rings is 1. The van der Waals surface area contributed by atoms with E-state index < -0.39 is 111 Å². The van der Waals surface area contributed by atoms with Crippen LogP contribution in [-0.2, 0) is 33.9 Å². The topological polar surface area (TPSA) is 192 Å². The summed E-state index contributed by atoms with van der Waals surface area (Å²) in [7, 11) is -3.17. The maximum atomic E-state index is 14.7. The van der Waals surface area contributed by atoms with Crippen LogP contribution in [-0.4, -0.2) is 115 Å². The van der Waals surface area contributed by atoms with Crippen molar-refractivity contribution < 1.29 is 68.5 Å². The third-order valence-corrected chi connectivity index (χ3v) is 13.4. The molecule has 59 heavy (non-hydrogen) atoms. The summed E-state index contributed by atoms with van der Waals surface area (Å²) in [5, 5.41) is 5.44. The highest BCUT2D eigenvalue weighted by atomic mass is 32.2. The number of nitrogens with one attached hydrogen (secondary N) is 3. The van der Waals surface area contributed by atoms with Gasteiger partial charge in [0.1, 0.15) is 46.7 Å². The Labute approximate surface area is 336 Å². The fourth-order valence-electron chi connectivity index (χ4n) is 7.32. The van der Waals surface area contributed by atoms with Gasteiger partial charge in [0.25, 0.3) is 5.91 Å². The molecule has 2 saturated carbocycles. The van der Waals surface area contributed by atoms with E-state index in [1.54, 1.807) is 25.1 Å². The Hall–Kier alpha value is -4.79. The first-order valence-corrected chi connectivity index (χ1v) is 20.5. The first kappa shape index (κ1) is 43.8. The lowest BCUT2D eigenvalue weighted by molar-refractivity contribution is -0.244. The number of nitrogens with zero attached hydrogens (tertiary/aromatic N) is 2. The number of rotatable bonds is 9. The molecule has 2 aliphatic carbocycles. The smallest absolute Gasteiger partial charge is 0.427 e. The van der Waals surface area contributed by atoms with Gasteiger partial charge in [-0.05, 0) is 71.9 Å². The molecule has 1 aromatic carbocycles. The van der Waals surface area contributed by atoms with Crippen molar-refractivity contribution >= 4 is 44.6 Å². The highest BCUT2D eigenvalue weighted by Gasteiger charge is 2.64. The number of benzene rings is 1. The SMILES string of the molecule is COc1cc(F)cc2c(O[C@@H]3C[C@H]4C(=O)N[C@]5(C(=O)NS(=O)(=O)C6(CF)CC6)C[C@H]5/C=C\CC[C@H](C)O[C@@H](C)[C@H](NC(=O)OC(C)(C)C(F)(F)F)C(=O)N4C3)nccc12. The van der Waals surface area contributed by atoms with E-state index in [9.17, 15) is 49.5 Å². The number of alkyl carbamates (subject to hydrolysis) is 1. The molecule has 2 aromatic rings. The summed E-state index contributed by atoms with van der Waals surface area (Å²) < 4.78 is 118. The maximum Gasteiger partial charge on any atom is 0.427 e. The molecule has 4 aliphatic rings. The van der Waals surface area contributed by atoms with Crippen LogP contribution in [0.25, 0.3) is 10.8 Å². The molecule has 0 radical (unpaired) electrons. The molecular weight excluding hydrogens is 814 g/mol. The van der Waals surface area contributed by atoms with Gasteiger partial charge in [-0.25, -0.2) is 27.0 Å². The van der Waals surface area contributed by atoms with Gasteiger partial charge in [-0.2, -0.15) is 13.2 Å². The minimum Gasteiger partial charge on any atom is -0.496 e. The van der Waals surface area contributed by atoms with Crippen LogP contribution in [0.5, 0.6) is 11.6 Å². The molecule has 3 fully saturated rings. The van der Waals surface area contributed by atoms with Gasteiger partial charge < -0.3 is 34.5 Å². The zero-order valence-electron chi connectivity index (χ0n) is 32.9. The van der Waals surface area contributed by atoms with Crippen LogP contribution in [0.1, 0.15) is 66.2 Å². The Morgan fingerprint density at radius 2 is 1.85 bits per heavy atom. The summed E-state index contributed by atoms with van der Waals surface area (Å²) in [5.74, 6) is -4.40. The quantitative estimate of drug-likeness (QED) is 0.243. The summed E-state index contributed by atoms with van der Waals surface area (Å²) >= 11 is 0. The fourth-order valence-corrected chi connectivity index (χ4v) is 8.74. The zero-order chi connectivity index (χ0) is 43.3. The minimum absolute atomic E-state index is 0.00452. The number of hydrogen-bond acceptors (Lipinski definition) is 11. The number of sulfonamides is 1. The van der Waals surface area contributed by atoms with Crippen molar-refractivity contribution in [3.05, 3.63) is 42.4 Å². The first-order valence-electron chi connectivity index (χ1n) is 19.0. The second-order valence-corrected chi connectivity index (χ2v) is 18.1. The Kier molecular flexibility index (Phi) is 11.9. The molecule has 324 valence electrons. The summed E-state index contributed by atoms with van der Waals surface area (Å²) in [6.45, 7) is 2.69. The van der Waals surface area contributed by atoms with Crippen molar-refractivity contribution in [2.24, 2.45) is 5.92 Å². The van der Waals surface area contributed by atoms with E-state index in [1.807, 2.05) is 4.72 Å². The van der Waals surface area contributed by atoms with E-state index in [2.05, 4.69) is 15.6 Å². The number of fused-ring (bicyclic) bond motifs is 3. The molecular formula is C38H46F5N5O10S. The third kappa shape index (κ3) is 8.76. The lowest BCUT2D eigenvalue weighted by atomic mass is 10.1. The fraction of sp³-hybridized carbons (Fsp3) is 0.605. The van der Waals surface area contributed by atoms with Crippen LogP contribution >= 0.6 is 0 Å². The average molecular weight is 860 g/mol. The van der Waals surface area contributed by atoms with E-state index in [-0.39, 0.29) is 42.7 Å². The second kappa shape index (κ2) is 16.0. The Morgan fingerprint density at radius 1 is 1.14 bits per heavy atom. The van der Waals surface area contributed by atoms with Crippen molar-refractivity contribution in [3.63, 3.8) is 0 Å². The number of carbonyl (C=O) groups excluding carboxylic acids is 4. The van der Waals surface area contributed by atoms with Crippen LogP contribution in [0.15, 0.2) is 36.5 Å². The molecule has 21 heteroatoms. The van der Waals surface area contributed by atoms with Crippen molar-refractivity contribution in [1.29, 1.82) is 0 Å². The van der Waals surface area contributed by atoms with Crippen molar-refractivity contribution in [3.8, 4) is 11.6 Å². The molecule has 0 spiro atoms. The summed E-state index contributed by atoms with van der Waals surface area (Å²) in [6, 6.07) is 0.593. The number of alkyl halides is 4. The number of allylic oxidation sites excluding steroid dienone is 1. The first-order chi connectivity index (χ1) is 27.6. The predicted molar refractivity (Wildman–Crippen MR) is 199 cm³/mol. The van der Waals surface area contributed by atoms with E-state index in [0.29, 0.717) is 32.1 Å². The molecule has 4 amide bonds. The van der Waals surface area contributed by atoms with E-state index in [0.717, 1.165) is 17.0 Å². The van der Waals surface area contributed by atoms with Gasteiger partial charge in [0.15, 0.2) is 0 Å². The van der Waals surface area contributed by atoms with Gasteiger partial charge in [-0.3, -0.25) is 19.1 Å². The Balaban J connectivity index is 1.37. The highest BCUT2D eigenvalue weighted by molar-refractivity contribution is 7.91. The molecule has 3 N–H and O–H groups in total. The summed E-state index contributed by atoms with van der Waals surface area (Å²) in [4.78, 5) is 61.2. The maximum absolute atomic E-state index is 14.7. The van der Waals surface area contributed by atoms with Crippen LogP contribution in [0, 0.1) is 11.7 Å². The third-order valence-electron chi connectivity index (χ3n) is 11.3. The Bertz CT molecular complexity index is 2130. The van der Waals surface area contributed by atoms with E-state index >= 15 is 0 Å². The predicted octanol–water partition coefficient (Wildman–Crippen LogP) is 4.13. The normalized spacial score (nSPS) is 29.2. The second-order valence-electron chi connectivity index (χ2n) is 16.0.